The highest BCUT2D eigenvalue weighted by Crippen LogP contribution is 2.09. The van der Waals surface area contributed by atoms with Gasteiger partial charge in [-0.1, -0.05) is 0 Å². The Morgan fingerprint density at radius 1 is 1.46 bits per heavy atom. The lowest BCUT2D eigenvalue weighted by molar-refractivity contribution is -0.125. The Morgan fingerprint density at radius 3 is 2.54 bits per heavy atom. The summed E-state index contributed by atoms with van der Waals surface area (Å²) >= 11 is 0. The molecule has 0 bridgehead atoms. The summed E-state index contributed by atoms with van der Waals surface area (Å²) in [6, 6.07) is 0.381. The predicted octanol–water partition coefficient (Wildman–Crippen LogP) is -0.504. The van der Waals surface area contributed by atoms with E-state index >= 15 is 0 Å². The third kappa shape index (κ3) is 2.42. The Labute approximate surface area is 79.7 Å². The smallest absolute Gasteiger partial charge is 0.236 e. The van der Waals surface area contributed by atoms with Crippen LogP contribution in [0.5, 0.6) is 0 Å². The van der Waals surface area contributed by atoms with Gasteiger partial charge >= 0.3 is 0 Å². The van der Waals surface area contributed by atoms with Gasteiger partial charge in [-0.3, -0.25) is 14.6 Å². The van der Waals surface area contributed by atoms with Crippen LogP contribution in [0.1, 0.15) is 13.8 Å². The minimum Gasteiger partial charge on any atom is -0.368 e. The summed E-state index contributed by atoms with van der Waals surface area (Å²) in [7, 11) is 1.95. The van der Waals surface area contributed by atoms with Gasteiger partial charge in [0.25, 0.3) is 0 Å². The summed E-state index contributed by atoms with van der Waals surface area (Å²) < 4.78 is 0. The molecule has 1 aliphatic rings. The summed E-state index contributed by atoms with van der Waals surface area (Å²) in [5, 5.41) is 0. The molecule has 4 nitrogen and oxygen atoms in total. The van der Waals surface area contributed by atoms with Crippen molar-refractivity contribution in [1.82, 2.24) is 9.80 Å². The predicted molar refractivity (Wildman–Crippen MR) is 52.3 cm³/mol. The van der Waals surface area contributed by atoms with Crippen molar-refractivity contribution >= 4 is 5.91 Å². The molecule has 4 heteroatoms. The van der Waals surface area contributed by atoms with E-state index in [0.717, 1.165) is 19.6 Å². The van der Waals surface area contributed by atoms with Crippen LogP contribution in [-0.4, -0.2) is 54.5 Å². The number of carbonyl (C=O) groups is 1. The van der Waals surface area contributed by atoms with E-state index < -0.39 is 0 Å². The standard InChI is InChI=1S/C9H19N3O/c1-7(2)12-5-4-11(3)8(6-12)9(10)13/h7-8H,4-6H2,1-3H3,(H2,10,13)/t8-/m0/s1. The van der Waals surface area contributed by atoms with Crippen LogP contribution in [0.15, 0.2) is 0 Å². The molecule has 0 radical (unpaired) electrons. The maximum Gasteiger partial charge on any atom is 0.236 e. The normalized spacial score (nSPS) is 26.6. The molecule has 0 unspecified atom stereocenters. The monoisotopic (exact) mass is 185 g/mol. The zero-order valence-corrected chi connectivity index (χ0v) is 8.66. The first-order valence-electron chi connectivity index (χ1n) is 4.76. The second kappa shape index (κ2) is 4.07. The van der Waals surface area contributed by atoms with Crippen molar-refractivity contribution in [3.8, 4) is 0 Å². The van der Waals surface area contributed by atoms with Gasteiger partial charge in [-0.25, -0.2) is 0 Å². The zero-order valence-electron chi connectivity index (χ0n) is 8.66. The third-order valence-corrected chi connectivity index (χ3v) is 2.74. The second-order valence-corrected chi connectivity index (χ2v) is 3.99. The molecule has 1 heterocycles. The van der Waals surface area contributed by atoms with Crippen LogP contribution in [0, 0.1) is 0 Å². The number of amides is 1. The maximum absolute atomic E-state index is 11.1. The quantitative estimate of drug-likeness (QED) is 0.631. The molecule has 0 aromatic carbocycles. The van der Waals surface area contributed by atoms with Crippen molar-refractivity contribution in [2.75, 3.05) is 26.7 Å². The van der Waals surface area contributed by atoms with Gasteiger partial charge in [0.15, 0.2) is 0 Å². The fraction of sp³-hybridized carbons (Fsp3) is 0.889. The van der Waals surface area contributed by atoms with E-state index in [1.54, 1.807) is 0 Å². The molecule has 13 heavy (non-hydrogen) atoms. The number of rotatable bonds is 2. The molecule has 0 spiro atoms. The highest BCUT2D eigenvalue weighted by Gasteiger charge is 2.29. The number of piperazine rings is 1. The number of primary amides is 1. The van der Waals surface area contributed by atoms with Crippen LogP contribution in [0.4, 0.5) is 0 Å². The van der Waals surface area contributed by atoms with Crippen molar-refractivity contribution in [2.45, 2.75) is 25.9 Å². The first-order valence-corrected chi connectivity index (χ1v) is 4.76. The van der Waals surface area contributed by atoms with Crippen molar-refractivity contribution in [2.24, 2.45) is 5.73 Å². The van der Waals surface area contributed by atoms with Gasteiger partial charge < -0.3 is 5.73 Å². The Kier molecular flexibility index (Phi) is 3.27. The van der Waals surface area contributed by atoms with E-state index in [0.29, 0.717) is 6.04 Å². The molecular formula is C9H19N3O. The van der Waals surface area contributed by atoms with E-state index in [4.69, 9.17) is 5.73 Å². The fourth-order valence-electron chi connectivity index (χ4n) is 1.67. The molecule has 76 valence electrons. The number of carbonyl (C=O) groups excluding carboxylic acids is 1. The second-order valence-electron chi connectivity index (χ2n) is 3.99. The van der Waals surface area contributed by atoms with Gasteiger partial charge in [0.2, 0.25) is 5.91 Å². The highest BCUT2D eigenvalue weighted by molar-refractivity contribution is 5.80. The molecular weight excluding hydrogens is 166 g/mol. The molecule has 1 saturated heterocycles. The van der Waals surface area contributed by atoms with E-state index in [9.17, 15) is 4.79 Å². The van der Waals surface area contributed by atoms with E-state index in [2.05, 4.69) is 18.7 Å². The van der Waals surface area contributed by atoms with Crippen molar-refractivity contribution < 1.29 is 4.79 Å². The van der Waals surface area contributed by atoms with Crippen molar-refractivity contribution in [1.29, 1.82) is 0 Å². The first kappa shape index (κ1) is 10.5. The van der Waals surface area contributed by atoms with Crippen LogP contribution < -0.4 is 5.73 Å². The molecule has 1 amide bonds. The average molecular weight is 185 g/mol. The van der Waals surface area contributed by atoms with Gasteiger partial charge in [-0.05, 0) is 20.9 Å². The van der Waals surface area contributed by atoms with Gasteiger partial charge in [-0.2, -0.15) is 0 Å². The van der Waals surface area contributed by atoms with Crippen LogP contribution in [0.25, 0.3) is 0 Å². The maximum atomic E-state index is 11.1. The Morgan fingerprint density at radius 2 is 2.08 bits per heavy atom. The fourth-order valence-corrected chi connectivity index (χ4v) is 1.67. The van der Waals surface area contributed by atoms with Gasteiger partial charge in [0.05, 0.1) is 0 Å². The summed E-state index contributed by atoms with van der Waals surface area (Å²) in [6.45, 7) is 7.00. The van der Waals surface area contributed by atoms with E-state index in [1.165, 1.54) is 0 Å². The molecule has 0 aliphatic carbocycles. The van der Waals surface area contributed by atoms with Gasteiger partial charge in [0.1, 0.15) is 6.04 Å². The minimum absolute atomic E-state index is 0.115. The number of likely N-dealkylation sites (N-methyl/N-ethyl adjacent to an activating group) is 1. The molecule has 2 N–H and O–H groups in total. The van der Waals surface area contributed by atoms with Crippen molar-refractivity contribution in [3.63, 3.8) is 0 Å². The lowest BCUT2D eigenvalue weighted by Gasteiger charge is -2.39. The van der Waals surface area contributed by atoms with Gasteiger partial charge in [0, 0.05) is 25.7 Å². The SMILES string of the molecule is CC(C)N1CCN(C)[C@H](C(N)=O)C1. The highest BCUT2D eigenvalue weighted by atomic mass is 16.1. The average Bonchev–Trinajstić information content (AvgIpc) is 2.04. The topological polar surface area (TPSA) is 49.6 Å². The lowest BCUT2D eigenvalue weighted by atomic mass is 10.1. The molecule has 0 aromatic rings. The zero-order chi connectivity index (χ0) is 10.0. The van der Waals surface area contributed by atoms with Crippen LogP contribution in [0.2, 0.25) is 0 Å². The molecule has 1 atom stereocenters. The summed E-state index contributed by atoms with van der Waals surface area (Å²) in [5.74, 6) is -0.215. The van der Waals surface area contributed by atoms with Crippen LogP contribution in [0.3, 0.4) is 0 Å². The third-order valence-electron chi connectivity index (χ3n) is 2.74. The molecule has 0 aromatic heterocycles. The van der Waals surface area contributed by atoms with Crippen LogP contribution >= 0.6 is 0 Å². The summed E-state index contributed by atoms with van der Waals surface area (Å²) in [5.41, 5.74) is 5.31. The number of nitrogens with zero attached hydrogens (tertiary/aromatic N) is 2. The number of hydrogen-bond acceptors (Lipinski definition) is 3. The first-order chi connectivity index (χ1) is 6.02. The minimum atomic E-state index is -0.215. The van der Waals surface area contributed by atoms with Crippen molar-refractivity contribution in [3.05, 3.63) is 0 Å². The number of nitrogens with two attached hydrogens (primary N) is 1. The molecule has 1 aliphatic heterocycles. The number of hydrogen-bond donors (Lipinski definition) is 1. The molecule has 1 fully saturated rings. The summed E-state index contributed by atoms with van der Waals surface area (Å²) in [6.07, 6.45) is 0. The Balaban J connectivity index is 2.58. The largest absolute Gasteiger partial charge is 0.368 e. The molecule has 1 rings (SSSR count). The molecule has 0 saturated carbocycles. The Bertz CT molecular complexity index is 193. The van der Waals surface area contributed by atoms with E-state index in [1.807, 2.05) is 11.9 Å². The summed E-state index contributed by atoms with van der Waals surface area (Å²) in [4.78, 5) is 15.4. The van der Waals surface area contributed by atoms with Crippen LogP contribution in [-0.2, 0) is 4.79 Å². The lowest BCUT2D eigenvalue weighted by Crippen LogP contribution is -2.57. The Hall–Kier alpha value is -0.610. The van der Waals surface area contributed by atoms with E-state index in [-0.39, 0.29) is 11.9 Å². The van der Waals surface area contributed by atoms with Gasteiger partial charge in [-0.15, -0.1) is 0 Å².